The monoisotopic (exact) mass is 329 g/mol. The van der Waals surface area contributed by atoms with Crippen LogP contribution in [-0.4, -0.2) is 19.8 Å². The normalized spacial score (nSPS) is 11.5. The average Bonchev–Trinajstić information content (AvgIpc) is 3.22. The highest BCUT2D eigenvalue weighted by Crippen LogP contribution is 2.26. The molecule has 0 spiro atoms. The van der Waals surface area contributed by atoms with Crippen molar-refractivity contribution in [1.29, 1.82) is 5.26 Å². The van der Waals surface area contributed by atoms with Gasteiger partial charge in [0.15, 0.2) is 10.8 Å². The van der Waals surface area contributed by atoms with Crippen LogP contribution in [0, 0.1) is 11.3 Å². The van der Waals surface area contributed by atoms with Gasteiger partial charge in [0.25, 0.3) is 0 Å². The summed E-state index contributed by atoms with van der Waals surface area (Å²) in [7, 11) is 0. The number of aromatic nitrogens is 4. The maximum absolute atomic E-state index is 9.49. The second-order valence-corrected chi connectivity index (χ2v) is 6.03. The fourth-order valence-corrected chi connectivity index (χ4v) is 3.16. The van der Waals surface area contributed by atoms with Gasteiger partial charge in [0.05, 0.1) is 5.57 Å². The average molecular weight is 329 g/mol. The molecule has 0 saturated heterocycles. The smallest absolute Gasteiger partial charge is 0.192 e. The number of nitrogens with zero attached hydrogens (tertiary/aromatic N) is 5. The summed E-state index contributed by atoms with van der Waals surface area (Å²) in [6.45, 7) is 0. The molecular weight excluding hydrogens is 318 g/mol. The lowest BCUT2D eigenvalue weighted by molar-refractivity contribution is 0.957. The Labute approximate surface area is 142 Å². The molecule has 4 rings (SSSR count). The Morgan fingerprint density at radius 1 is 1.00 bits per heavy atom. The molecule has 0 aliphatic heterocycles. The van der Waals surface area contributed by atoms with Gasteiger partial charge in [0.2, 0.25) is 4.96 Å². The van der Waals surface area contributed by atoms with Crippen molar-refractivity contribution >= 4 is 27.9 Å². The molecule has 5 nitrogen and oxygen atoms in total. The Morgan fingerprint density at radius 2 is 1.71 bits per heavy atom. The van der Waals surface area contributed by atoms with Crippen LogP contribution in [0.25, 0.3) is 28.0 Å². The molecule has 0 aliphatic carbocycles. The molecule has 2 heterocycles. The fourth-order valence-electron chi connectivity index (χ4n) is 2.35. The first-order chi connectivity index (χ1) is 11.8. The highest BCUT2D eigenvalue weighted by Gasteiger charge is 2.15. The van der Waals surface area contributed by atoms with E-state index in [0.717, 1.165) is 11.1 Å². The van der Waals surface area contributed by atoms with E-state index in [-0.39, 0.29) is 0 Å². The van der Waals surface area contributed by atoms with Crippen LogP contribution in [0.2, 0.25) is 0 Å². The van der Waals surface area contributed by atoms with E-state index >= 15 is 0 Å². The summed E-state index contributed by atoms with van der Waals surface area (Å²) in [4.78, 5) is 0.665. The van der Waals surface area contributed by atoms with Gasteiger partial charge in [0.1, 0.15) is 6.07 Å². The lowest BCUT2D eigenvalue weighted by Gasteiger charge is -1.96. The number of nitriles is 1. The van der Waals surface area contributed by atoms with Crippen LogP contribution >= 0.6 is 11.3 Å². The van der Waals surface area contributed by atoms with Crippen LogP contribution in [0.15, 0.2) is 60.7 Å². The van der Waals surface area contributed by atoms with E-state index in [4.69, 9.17) is 0 Å². The molecule has 0 fully saturated rings. The van der Waals surface area contributed by atoms with Crippen molar-refractivity contribution in [3.63, 3.8) is 0 Å². The molecule has 0 saturated carbocycles. The molecule has 0 amide bonds. The summed E-state index contributed by atoms with van der Waals surface area (Å²) in [5.41, 5.74) is 2.41. The van der Waals surface area contributed by atoms with E-state index in [2.05, 4.69) is 21.4 Å². The molecule has 114 valence electrons. The molecule has 0 atom stereocenters. The first-order valence-electron chi connectivity index (χ1n) is 7.30. The van der Waals surface area contributed by atoms with E-state index < -0.39 is 0 Å². The zero-order valence-corrected chi connectivity index (χ0v) is 13.3. The van der Waals surface area contributed by atoms with Gasteiger partial charge in [-0.25, -0.2) is 0 Å². The van der Waals surface area contributed by atoms with E-state index in [1.807, 2.05) is 66.7 Å². The Morgan fingerprint density at radius 3 is 2.42 bits per heavy atom. The number of allylic oxidation sites excluding steroid dienone is 1. The van der Waals surface area contributed by atoms with Crippen molar-refractivity contribution in [2.45, 2.75) is 0 Å². The summed E-state index contributed by atoms with van der Waals surface area (Å²) in [6, 6.07) is 21.7. The van der Waals surface area contributed by atoms with Crippen molar-refractivity contribution in [3.05, 3.63) is 71.2 Å². The second-order valence-electron chi connectivity index (χ2n) is 5.07. The second kappa shape index (κ2) is 6.07. The van der Waals surface area contributed by atoms with E-state index in [1.54, 1.807) is 4.52 Å². The number of benzene rings is 2. The first kappa shape index (κ1) is 14.3. The van der Waals surface area contributed by atoms with Gasteiger partial charge < -0.3 is 0 Å². The Kier molecular flexibility index (Phi) is 3.61. The predicted octanol–water partition coefficient (Wildman–Crippen LogP) is 3.92. The molecule has 24 heavy (non-hydrogen) atoms. The first-order valence-corrected chi connectivity index (χ1v) is 8.12. The van der Waals surface area contributed by atoms with Gasteiger partial charge in [-0.05, 0) is 11.6 Å². The van der Waals surface area contributed by atoms with Crippen molar-refractivity contribution in [3.8, 4) is 17.5 Å². The maximum Gasteiger partial charge on any atom is 0.235 e. The largest absolute Gasteiger partial charge is 0.235 e. The lowest BCUT2D eigenvalue weighted by Crippen LogP contribution is -1.91. The fraction of sp³-hybridized carbons (Fsp3) is 0. The third-order valence-corrected chi connectivity index (χ3v) is 4.42. The van der Waals surface area contributed by atoms with Crippen LogP contribution in [0.1, 0.15) is 10.6 Å². The Bertz CT molecular complexity index is 1060. The van der Waals surface area contributed by atoms with E-state index in [9.17, 15) is 5.26 Å². The van der Waals surface area contributed by atoms with E-state index in [1.165, 1.54) is 11.3 Å². The molecule has 0 unspecified atom stereocenters. The molecule has 2 aromatic heterocycles. The van der Waals surface area contributed by atoms with Gasteiger partial charge in [-0.1, -0.05) is 72.0 Å². The molecule has 0 aliphatic rings. The van der Waals surface area contributed by atoms with Crippen LogP contribution < -0.4 is 0 Å². The van der Waals surface area contributed by atoms with Crippen LogP contribution in [-0.2, 0) is 0 Å². The number of hydrogen-bond donors (Lipinski definition) is 0. The van der Waals surface area contributed by atoms with Crippen LogP contribution in [0.5, 0.6) is 0 Å². The molecule has 0 N–H and O–H groups in total. The van der Waals surface area contributed by atoms with Crippen molar-refractivity contribution in [2.24, 2.45) is 0 Å². The number of rotatable bonds is 3. The minimum atomic E-state index is 0.510. The minimum absolute atomic E-state index is 0.510. The number of fused-ring (bicyclic) bond motifs is 1. The summed E-state index contributed by atoms with van der Waals surface area (Å²) >= 11 is 1.35. The standard InChI is InChI=1S/C18H11N5S/c19-12-15(11-13-7-3-1-4-8-13)17-22-23-16(20-21-18(23)24-17)14-9-5-2-6-10-14/h1-11H/b15-11+. The third-order valence-electron chi connectivity index (χ3n) is 3.48. The van der Waals surface area contributed by atoms with Crippen LogP contribution in [0.4, 0.5) is 0 Å². The highest BCUT2D eigenvalue weighted by molar-refractivity contribution is 7.17. The highest BCUT2D eigenvalue weighted by atomic mass is 32.1. The molecule has 2 aromatic carbocycles. The molecule has 0 radical (unpaired) electrons. The SMILES string of the molecule is N#C/C(=C\c1ccccc1)c1nn2c(-c3ccccc3)nnc2s1. The Balaban J connectivity index is 1.80. The van der Waals surface area contributed by atoms with E-state index in [0.29, 0.717) is 21.4 Å². The van der Waals surface area contributed by atoms with Crippen molar-refractivity contribution in [1.82, 2.24) is 19.8 Å². The summed E-state index contributed by atoms with van der Waals surface area (Å²) in [5.74, 6) is 0.671. The topological polar surface area (TPSA) is 66.9 Å². The number of hydrogen-bond acceptors (Lipinski definition) is 5. The van der Waals surface area contributed by atoms with Gasteiger partial charge in [-0.15, -0.1) is 10.2 Å². The van der Waals surface area contributed by atoms with Gasteiger partial charge in [-0.2, -0.15) is 14.9 Å². The summed E-state index contributed by atoms with van der Waals surface area (Å²) < 4.78 is 1.69. The van der Waals surface area contributed by atoms with Crippen molar-refractivity contribution < 1.29 is 0 Å². The summed E-state index contributed by atoms with van der Waals surface area (Å²) in [6.07, 6.45) is 1.83. The van der Waals surface area contributed by atoms with Crippen LogP contribution in [0.3, 0.4) is 0 Å². The van der Waals surface area contributed by atoms with Gasteiger partial charge in [0, 0.05) is 5.56 Å². The zero-order chi connectivity index (χ0) is 16.4. The van der Waals surface area contributed by atoms with Crippen molar-refractivity contribution in [2.75, 3.05) is 0 Å². The van der Waals surface area contributed by atoms with Gasteiger partial charge >= 0.3 is 0 Å². The molecular formula is C18H11N5S. The predicted molar refractivity (Wildman–Crippen MR) is 94.0 cm³/mol. The van der Waals surface area contributed by atoms with Gasteiger partial charge in [-0.3, -0.25) is 0 Å². The maximum atomic E-state index is 9.49. The molecule has 0 bridgehead atoms. The lowest BCUT2D eigenvalue weighted by atomic mass is 10.1. The quantitative estimate of drug-likeness (QED) is 0.534. The molecule has 4 aromatic rings. The molecule has 6 heteroatoms. The third kappa shape index (κ3) is 2.57. The zero-order valence-electron chi connectivity index (χ0n) is 12.5. The Hall–Kier alpha value is -3.30. The minimum Gasteiger partial charge on any atom is -0.192 e. The summed E-state index contributed by atoms with van der Waals surface area (Å²) in [5, 5.41) is 23.0.